The average Bonchev–Trinajstić information content (AvgIpc) is 3.02. The van der Waals surface area contributed by atoms with Crippen LogP contribution in [0.5, 0.6) is 11.5 Å². The molecule has 0 radical (unpaired) electrons. The fourth-order valence-electron chi connectivity index (χ4n) is 4.74. The van der Waals surface area contributed by atoms with Crippen LogP contribution in [0.3, 0.4) is 0 Å². The number of unbranched alkanes of at least 4 members (excludes halogenated alkanes) is 5. The summed E-state index contributed by atoms with van der Waals surface area (Å²) in [7, 11) is 0. The Morgan fingerprint density at radius 1 is 0.591 bits per heavy atom. The standard InChI is InChI=1S/C34H50N4O6/c1-5-7-15-25-17-19-29(39)27(21-25)33(43)37-35-31(41)23(3)13-11-9-10-12-14-24(4)32(42)36-38-34(44)28-22-26(16-8-6-2)18-20-30(28)40/h17-24,39-40H,5-16H2,1-4H3,(H,35,41)(H,36,42)(H,37,43)(H,38,44). The van der Waals surface area contributed by atoms with Gasteiger partial charge in [0, 0.05) is 11.8 Å². The lowest BCUT2D eigenvalue weighted by Crippen LogP contribution is -2.44. The number of phenols is 2. The molecule has 6 N–H and O–H groups in total. The van der Waals surface area contributed by atoms with E-state index in [1.54, 1.807) is 38.1 Å². The van der Waals surface area contributed by atoms with Crippen molar-refractivity contribution in [1.82, 2.24) is 21.7 Å². The van der Waals surface area contributed by atoms with Crippen LogP contribution in [0.15, 0.2) is 36.4 Å². The third-order valence-corrected chi connectivity index (χ3v) is 7.77. The molecule has 0 saturated carbocycles. The van der Waals surface area contributed by atoms with Crippen LogP contribution in [0.2, 0.25) is 0 Å². The van der Waals surface area contributed by atoms with Crippen LogP contribution in [0.25, 0.3) is 0 Å². The fourth-order valence-corrected chi connectivity index (χ4v) is 4.74. The minimum atomic E-state index is -0.561. The van der Waals surface area contributed by atoms with Gasteiger partial charge in [-0.15, -0.1) is 0 Å². The second-order valence-corrected chi connectivity index (χ2v) is 11.6. The highest BCUT2D eigenvalue weighted by atomic mass is 16.3. The van der Waals surface area contributed by atoms with Gasteiger partial charge in [-0.3, -0.25) is 40.9 Å². The lowest BCUT2D eigenvalue weighted by atomic mass is 9.99. The topological polar surface area (TPSA) is 157 Å². The van der Waals surface area contributed by atoms with Gasteiger partial charge in [0.2, 0.25) is 11.8 Å². The van der Waals surface area contributed by atoms with E-state index in [-0.39, 0.29) is 46.3 Å². The molecular weight excluding hydrogens is 560 g/mol. The van der Waals surface area contributed by atoms with Crippen molar-refractivity contribution in [3.8, 4) is 11.5 Å². The van der Waals surface area contributed by atoms with Gasteiger partial charge in [0.15, 0.2) is 0 Å². The number of amides is 4. The molecule has 0 saturated heterocycles. The molecule has 2 unspecified atom stereocenters. The van der Waals surface area contributed by atoms with Crippen LogP contribution in [-0.2, 0) is 22.4 Å². The van der Waals surface area contributed by atoms with Crippen molar-refractivity contribution in [3.05, 3.63) is 58.7 Å². The maximum absolute atomic E-state index is 12.5. The molecule has 2 atom stereocenters. The summed E-state index contributed by atoms with van der Waals surface area (Å²) in [5.41, 5.74) is 11.9. The highest BCUT2D eigenvalue weighted by Gasteiger charge is 2.18. The fraction of sp³-hybridized carbons (Fsp3) is 0.529. The molecule has 0 spiro atoms. The maximum atomic E-state index is 12.5. The molecule has 0 aliphatic heterocycles. The first-order valence-corrected chi connectivity index (χ1v) is 15.9. The number of carbonyl (C=O) groups is 4. The zero-order chi connectivity index (χ0) is 32.5. The van der Waals surface area contributed by atoms with Crippen molar-refractivity contribution in [2.75, 3.05) is 0 Å². The Morgan fingerprint density at radius 3 is 1.34 bits per heavy atom. The number of hydrogen-bond acceptors (Lipinski definition) is 6. The van der Waals surface area contributed by atoms with Crippen molar-refractivity contribution < 1.29 is 29.4 Å². The molecule has 10 nitrogen and oxygen atoms in total. The van der Waals surface area contributed by atoms with E-state index in [4.69, 9.17) is 0 Å². The van der Waals surface area contributed by atoms with Crippen LogP contribution < -0.4 is 21.7 Å². The predicted molar refractivity (Wildman–Crippen MR) is 171 cm³/mol. The second kappa shape index (κ2) is 19.2. The molecule has 10 heteroatoms. The normalized spacial score (nSPS) is 12.2. The highest BCUT2D eigenvalue weighted by Crippen LogP contribution is 2.21. The molecule has 0 fully saturated rings. The number of benzene rings is 2. The highest BCUT2D eigenvalue weighted by molar-refractivity contribution is 5.98. The first-order valence-electron chi connectivity index (χ1n) is 15.9. The van der Waals surface area contributed by atoms with Crippen molar-refractivity contribution in [1.29, 1.82) is 0 Å². The van der Waals surface area contributed by atoms with Gasteiger partial charge in [0.05, 0.1) is 11.1 Å². The van der Waals surface area contributed by atoms with Gasteiger partial charge >= 0.3 is 0 Å². The smallest absolute Gasteiger partial charge is 0.273 e. The minimum Gasteiger partial charge on any atom is -0.507 e. The number of carbonyl (C=O) groups excluding carboxylic acids is 4. The van der Waals surface area contributed by atoms with Crippen LogP contribution in [0.1, 0.15) is 124 Å². The van der Waals surface area contributed by atoms with Crippen LogP contribution >= 0.6 is 0 Å². The molecule has 4 amide bonds. The van der Waals surface area contributed by atoms with Gasteiger partial charge in [-0.2, -0.15) is 0 Å². The van der Waals surface area contributed by atoms with E-state index in [9.17, 15) is 29.4 Å². The number of hydrogen-bond donors (Lipinski definition) is 6. The Balaban J connectivity index is 1.63. The summed E-state index contributed by atoms with van der Waals surface area (Å²) in [6, 6.07) is 9.88. The summed E-state index contributed by atoms with van der Waals surface area (Å²) in [6.07, 6.45) is 10.3. The van der Waals surface area contributed by atoms with Crippen molar-refractivity contribution in [3.63, 3.8) is 0 Å². The van der Waals surface area contributed by atoms with E-state index < -0.39 is 11.8 Å². The quantitative estimate of drug-likeness (QED) is 0.101. The van der Waals surface area contributed by atoms with Gasteiger partial charge in [-0.1, -0.05) is 78.4 Å². The number of aryl methyl sites for hydroxylation is 2. The summed E-state index contributed by atoms with van der Waals surface area (Å²) in [4.78, 5) is 49.9. The summed E-state index contributed by atoms with van der Waals surface area (Å²) < 4.78 is 0. The average molecular weight is 611 g/mol. The SMILES string of the molecule is CCCCc1ccc(O)c(C(=O)NNC(=O)C(C)CCCCCCC(C)C(=O)NNC(=O)c2cc(CCCC)ccc2O)c1. The Hall–Kier alpha value is -4.08. The number of phenolic OH excluding ortho intramolecular Hbond substituents is 2. The monoisotopic (exact) mass is 610 g/mol. The zero-order valence-electron chi connectivity index (χ0n) is 26.6. The van der Waals surface area contributed by atoms with Gasteiger partial charge < -0.3 is 10.2 Å². The van der Waals surface area contributed by atoms with E-state index in [0.29, 0.717) is 12.8 Å². The zero-order valence-corrected chi connectivity index (χ0v) is 26.6. The van der Waals surface area contributed by atoms with Crippen molar-refractivity contribution in [2.45, 2.75) is 105 Å². The molecule has 0 heterocycles. The van der Waals surface area contributed by atoms with E-state index >= 15 is 0 Å². The van der Waals surface area contributed by atoms with Gasteiger partial charge in [0.1, 0.15) is 11.5 Å². The molecule has 0 aliphatic rings. The number of hydrazine groups is 2. The third-order valence-electron chi connectivity index (χ3n) is 7.77. The summed E-state index contributed by atoms with van der Waals surface area (Å²) in [5, 5.41) is 20.1. The molecule has 242 valence electrons. The summed E-state index contributed by atoms with van der Waals surface area (Å²) in [6.45, 7) is 7.76. The summed E-state index contributed by atoms with van der Waals surface area (Å²) in [5.74, 6) is -2.60. The molecule has 0 aromatic heterocycles. The van der Waals surface area contributed by atoms with Crippen LogP contribution in [0, 0.1) is 11.8 Å². The van der Waals surface area contributed by atoms with E-state index in [2.05, 4.69) is 35.6 Å². The molecule has 2 aromatic carbocycles. The van der Waals surface area contributed by atoms with Crippen LogP contribution in [0.4, 0.5) is 0 Å². The summed E-state index contributed by atoms with van der Waals surface area (Å²) >= 11 is 0. The van der Waals surface area contributed by atoms with Gasteiger partial charge in [0.25, 0.3) is 11.8 Å². The molecule has 2 rings (SSSR count). The Bertz CT molecular complexity index is 1150. The molecule has 0 bridgehead atoms. The van der Waals surface area contributed by atoms with Gasteiger partial charge in [-0.25, -0.2) is 0 Å². The van der Waals surface area contributed by atoms with E-state index in [0.717, 1.165) is 75.3 Å². The van der Waals surface area contributed by atoms with E-state index in [1.165, 1.54) is 12.1 Å². The molecule has 2 aromatic rings. The van der Waals surface area contributed by atoms with Gasteiger partial charge in [-0.05, 0) is 73.9 Å². The second-order valence-electron chi connectivity index (χ2n) is 11.6. The molecule has 44 heavy (non-hydrogen) atoms. The largest absolute Gasteiger partial charge is 0.507 e. The first kappa shape index (κ1) is 36.1. The maximum Gasteiger partial charge on any atom is 0.273 e. The van der Waals surface area contributed by atoms with Crippen LogP contribution in [-0.4, -0.2) is 33.8 Å². The number of aromatic hydroxyl groups is 2. The Labute approximate surface area is 261 Å². The Kier molecular flexibility index (Phi) is 15.8. The van der Waals surface area contributed by atoms with Crippen molar-refractivity contribution >= 4 is 23.6 Å². The third kappa shape index (κ3) is 12.3. The lowest BCUT2D eigenvalue weighted by molar-refractivity contribution is -0.126. The number of nitrogens with one attached hydrogen (secondary N) is 4. The predicted octanol–water partition coefficient (Wildman–Crippen LogP) is 5.62. The molecule has 0 aliphatic carbocycles. The van der Waals surface area contributed by atoms with Crippen molar-refractivity contribution in [2.24, 2.45) is 11.8 Å². The Morgan fingerprint density at radius 2 is 0.977 bits per heavy atom. The minimum absolute atomic E-state index is 0.128. The molecular formula is C34H50N4O6. The van der Waals surface area contributed by atoms with E-state index in [1.807, 2.05) is 0 Å². The first-order chi connectivity index (χ1) is 21.1. The lowest BCUT2D eigenvalue weighted by Gasteiger charge is -2.15. The number of rotatable bonds is 17.